The maximum Gasteiger partial charge on any atom is 0.306 e. The van der Waals surface area contributed by atoms with Crippen LogP contribution in [0.5, 0.6) is 5.75 Å². The van der Waals surface area contributed by atoms with Gasteiger partial charge in [-0.1, -0.05) is 24.3 Å². The first-order chi connectivity index (χ1) is 13.3. The Kier molecular flexibility index (Phi) is 7.53. The number of hydrogen-bond donors (Lipinski definition) is 2. The van der Waals surface area contributed by atoms with E-state index in [1.165, 1.54) is 31.2 Å². The van der Waals surface area contributed by atoms with Crippen LogP contribution in [0.2, 0.25) is 0 Å². The molecule has 0 bridgehead atoms. The van der Waals surface area contributed by atoms with Gasteiger partial charge in [-0.2, -0.15) is 0 Å². The quantitative estimate of drug-likeness (QED) is 0.485. The van der Waals surface area contributed by atoms with Gasteiger partial charge in [0.25, 0.3) is 5.91 Å². The highest BCUT2D eigenvalue weighted by molar-refractivity contribution is 7.89. The molecule has 2 rings (SSSR count). The molecule has 0 heterocycles. The number of hydrogen-bond acceptors (Lipinski definition) is 6. The SMILES string of the molecule is C[C@H](OC(=O)CCCOc1ccccc1)C(=O)Nc1cccc(S(N)(=O)=O)c1. The van der Waals surface area contributed by atoms with Gasteiger partial charge < -0.3 is 14.8 Å². The number of ether oxygens (including phenoxy) is 2. The van der Waals surface area contributed by atoms with E-state index in [0.717, 1.165) is 0 Å². The summed E-state index contributed by atoms with van der Waals surface area (Å²) in [7, 11) is -3.88. The Hall–Kier alpha value is -2.91. The van der Waals surface area contributed by atoms with Crippen LogP contribution in [0.3, 0.4) is 0 Å². The van der Waals surface area contributed by atoms with Crippen LogP contribution < -0.4 is 15.2 Å². The number of primary sulfonamides is 1. The minimum atomic E-state index is -3.88. The summed E-state index contributed by atoms with van der Waals surface area (Å²) in [5, 5.41) is 7.54. The van der Waals surface area contributed by atoms with E-state index >= 15 is 0 Å². The maximum absolute atomic E-state index is 12.1. The van der Waals surface area contributed by atoms with Crippen LogP contribution in [-0.4, -0.2) is 33.0 Å². The van der Waals surface area contributed by atoms with Gasteiger partial charge in [-0.15, -0.1) is 0 Å². The van der Waals surface area contributed by atoms with Crippen molar-refractivity contribution in [1.29, 1.82) is 0 Å². The normalized spacial score (nSPS) is 12.1. The molecule has 0 saturated heterocycles. The molecule has 2 aromatic rings. The molecule has 0 fully saturated rings. The molecule has 0 aliphatic carbocycles. The Morgan fingerprint density at radius 1 is 1.11 bits per heavy atom. The summed E-state index contributed by atoms with van der Waals surface area (Å²) in [4.78, 5) is 23.9. The molecule has 0 unspecified atom stereocenters. The highest BCUT2D eigenvalue weighted by atomic mass is 32.2. The van der Waals surface area contributed by atoms with Crippen molar-refractivity contribution in [2.75, 3.05) is 11.9 Å². The van der Waals surface area contributed by atoms with Crippen LogP contribution in [0.25, 0.3) is 0 Å². The molecule has 0 aliphatic heterocycles. The molecule has 0 spiro atoms. The van der Waals surface area contributed by atoms with E-state index in [0.29, 0.717) is 18.8 Å². The second kappa shape index (κ2) is 9.86. The van der Waals surface area contributed by atoms with Gasteiger partial charge in [0.1, 0.15) is 5.75 Å². The van der Waals surface area contributed by atoms with Gasteiger partial charge in [-0.3, -0.25) is 9.59 Å². The van der Waals surface area contributed by atoms with Crippen LogP contribution >= 0.6 is 0 Å². The lowest BCUT2D eigenvalue weighted by Gasteiger charge is -2.14. The van der Waals surface area contributed by atoms with Crippen molar-refractivity contribution in [3.63, 3.8) is 0 Å². The predicted octanol–water partition coefficient (Wildman–Crippen LogP) is 2.06. The number of rotatable bonds is 9. The fourth-order valence-electron chi connectivity index (χ4n) is 2.23. The second-order valence-electron chi connectivity index (χ2n) is 5.96. The number of nitrogens with two attached hydrogens (primary N) is 1. The van der Waals surface area contributed by atoms with Crippen molar-refractivity contribution in [3.8, 4) is 5.75 Å². The number of amides is 1. The first kappa shape index (κ1) is 21.4. The Balaban J connectivity index is 1.76. The van der Waals surface area contributed by atoms with Crippen LogP contribution in [0.4, 0.5) is 5.69 Å². The van der Waals surface area contributed by atoms with Gasteiger partial charge in [0.2, 0.25) is 10.0 Å². The molecular weight excluding hydrogens is 384 g/mol. The minimum Gasteiger partial charge on any atom is -0.494 e. The predicted molar refractivity (Wildman–Crippen MR) is 103 cm³/mol. The van der Waals surface area contributed by atoms with Crippen LogP contribution in [0, 0.1) is 0 Å². The van der Waals surface area contributed by atoms with E-state index in [4.69, 9.17) is 14.6 Å². The zero-order chi connectivity index (χ0) is 20.6. The highest BCUT2D eigenvalue weighted by Crippen LogP contribution is 2.15. The van der Waals surface area contributed by atoms with Crippen molar-refractivity contribution in [1.82, 2.24) is 0 Å². The van der Waals surface area contributed by atoms with Crippen molar-refractivity contribution >= 4 is 27.6 Å². The molecule has 2 aromatic carbocycles. The largest absolute Gasteiger partial charge is 0.494 e. The van der Waals surface area contributed by atoms with E-state index in [-0.39, 0.29) is 17.0 Å². The summed E-state index contributed by atoms with van der Waals surface area (Å²) >= 11 is 0. The summed E-state index contributed by atoms with van der Waals surface area (Å²) in [6.07, 6.45) is -0.496. The molecule has 0 aromatic heterocycles. The van der Waals surface area contributed by atoms with E-state index in [9.17, 15) is 18.0 Å². The van der Waals surface area contributed by atoms with E-state index < -0.39 is 28.0 Å². The molecule has 0 aliphatic rings. The van der Waals surface area contributed by atoms with Crippen molar-refractivity contribution < 1.29 is 27.5 Å². The molecule has 9 heteroatoms. The zero-order valence-electron chi connectivity index (χ0n) is 15.3. The highest BCUT2D eigenvalue weighted by Gasteiger charge is 2.18. The van der Waals surface area contributed by atoms with Crippen LogP contribution in [-0.2, 0) is 24.3 Å². The van der Waals surface area contributed by atoms with Crippen LogP contribution in [0.1, 0.15) is 19.8 Å². The lowest BCUT2D eigenvalue weighted by atomic mass is 10.3. The minimum absolute atomic E-state index is 0.103. The maximum atomic E-state index is 12.1. The van der Waals surface area contributed by atoms with E-state index in [2.05, 4.69) is 5.32 Å². The topological polar surface area (TPSA) is 125 Å². The zero-order valence-corrected chi connectivity index (χ0v) is 16.1. The summed E-state index contributed by atoms with van der Waals surface area (Å²) in [5.41, 5.74) is 0.232. The van der Waals surface area contributed by atoms with Gasteiger partial charge in [0.15, 0.2) is 6.10 Å². The third-order valence-corrected chi connectivity index (χ3v) is 4.56. The smallest absolute Gasteiger partial charge is 0.306 e. The lowest BCUT2D eigenvalue weighted by molar-refractivity contribution is -0.153. The first-order valence-corrected chi connectivity index (χ1v) is 10.1. The standard InChI is InChI=1S/C19H22N2O6S/c1-14(19(23)21-15-7-5-10-17(13-15)28(20,24)25)27-18(22)11-6-12-26-16-8-3-2-4-9-16/h2-5,7-10,13-14H,6,11-12H2,1H3,(H,21,23)(H2,20,24,25)/t14-/m0/s1. The Morgan fingerprint density at radius 3 is 2.50 bits per heavy atom. The summed E-state index contributed by atoms with van der Waals surface area (Å²) in [6.45, 7) is 1.78. The van der Waals surface area contributed by atoms with Gasteiger partial charge in [-0.05, 0) is 43.7 Å². The lowest BCUT2D eigenvalue weighted by Crippen LogP contribution is -2.30. The number of sulfonamides is 1. The average Bonchev–Trinajstić information content (AvgIpc) is 2.65. The third-order valence-electron chi connectivity index (χ3n) is 3.64. The summed E-state index contributed by atoms with van der Waals surface area (Å²) in [5.74, 6) is -0.400. The second-order valence-corrected chi connectivity index (χ2v) is 7.52. The van der Waals surface area contributed by atoms with Gasteiger partial charge in [0.05, 0.1) is 11.5 Å². The Morgan fingerprint density at radius 2 is 1.82 bits per heavy atom. The third kappa shape index (κ3) is 7.01. The molecule has 150 valence electrons. The summed E-state index contributed by atoms with van der Waals surface area (Å²) in [6, 6.07) is 14.7. The van der Waals surface area contributed by atoms with E-state index in [1.54, 1.807) is 0 Å². The molecule has 28 heavy (non-hydrogen) atoms. The fraction of sp³-hybridized carbons (Fsp3) is 0.263. The molecule has 0 saturated carbocycles. The van der Waals surface area contributed by atoms with Crippen molar-refractivity contribution in [3.05, 3.63) is 54.6 Å². The van der Waals surface area contributed by atoms with E-state index in [1.807, 2.05) is 30.3 Å². The van der Waals surface area contributed by atoms with Gasteiger partial charge >= 0.3 is 5.97 Å². The number of carbonyl (C=O) groups excluding carboxylic acids is 2. The molecule has 3 N–H and O–H groups in total. The number of benzene rings is 2. The first-order valence-electron chi connectivity index (χ1n) is 8.57. The number of esters is 1. The Labute approximate surface area is 163 Å². The molecular formula is C19H22N2O6S. The molecule has 8 nitrogen and oxygen atoms in total. The number of nitrogens with one attached hydrogen (secondary N) is 1. The number of para-hydroxylation sites is 1. The molecule has 1 atom stereocenters. The molecule has 0 radical (unpaired) electrons. The fourth-order valence-corrected chi connectivity index (χ4v) is 2.79. The number of carbonyl (C=O) groups is 2. The number of anilines is 1. The van der Waals surface area contributed by atoms with Crippen LogP contribution in [0.15, 0.2) is 59.5 Å². The van der Waals surface area contributed by atoms with Gasteiger partial charge in [-0.25, -0.2) is 13.6 Å². The van der Waals surface area contributed by atoms with Crippen molar-refractivity contribution in [2.45, 2.75) is 30.8 Å². The summed E-state index contributed by atoms with van der Waals surface area (Å²) < 4.78 is 33.3. The average molecular weight is 406 g/mol. The molecule has 1 amide bonds. The van der Waals surface area contributed by atoms with Gasteiger partial charge in [0, 0.05) is 12.1 Å². The Bertz CT molecular complexity index is 915. The monoisotopic (exact) mass is 406 g/mol. The van der Waals surface area contributed by atoms with Crippen molar-refractivity contribution in [2.24, 2.45) is 5.14 Å².